The van der Waals surface area contributed by atoms with Crippen molar-refractivity contribution in [2.75, 3.05) is 5.32 Å². The van der Waals surface area contributed by atoms with Crippen molar-refractivity contribution in [3.05, 3.63) is 70.1 Å². The molecule has 0 bridgehead atoms. The van der Waals surface area contributed by atoms with Crippen molar-refractivity contribution >= 4 is 34.1 Å². The summed E-state index contributed by atoms with van der Waals surface area (Å²) in [5.74, 6) is -0.912. The molecule has 1 aromatic heterocycles. The molecule has 1 heterocycles. The number of aryl methyl sites for hydroxylation is 1. The van der Waals surface area contributed by atoms with Crippen LogP contribution in [0.15, 0.2) is 42.5 Å². The van der Waals surface area contributed by atoms with Gasteiger partial charge in [-0.15, -0.1) is 0 Å². The number of rotatable bonds is 4. The molecule has 0 saturated heterocycles. The molecule has 0 saturated carbocycles. The van der Waals surface area contributed by atoms with Crippen LogP contribution >= 0.6 is 11.6 Å². The Hall–Kier alpha value is -2.66. The highest BCUT2D eigenvalue weighted by atomic mass is 35.5. The molecule has 0 unspecified atom stereocenters. The summed E-state index contributed by atoms with van der Waals surface area (Å²) in [6.07, 6.45) is 0. The van der Waals surface area contributed by atoms with E-state index in [0.717, 1.165) is 16.8 Å². The van der Waals surface area contributed by atoms with Crippen molar-refractivity contribution in [3.8, 4) is 0 Å². The number of hydrogen-bond donors (Lipinski definition) is 2. The van der Waals surface area contributed by atoms with Crippen molar-refractivity contribution in [2.45, 2.75) is 13.5 Å². The SMILES string of the molecule is Cc1cc(NCc2c(F)cccc2Cl)c2cccc(C(N)=O)c2n1. The first-order valence-electron chi connectivity index (χ1n) is 7.34. The molecule has 0 aliphatic heterocycles. The minimum atomic E-state index is -0.540. The Labute approximate surface area is 143 Å². The molecular formula is C18H15ClFN3O. The fourth-order valence-corrected chi connectivity index (χ4v) is 2.84. The van der Waals surface area contributed by atoms with E-state index in [9.17, 15) is 9.18 Å². The molecule has 1 amide bonds. The maximum absolute atomic E-state index is 13.9. The summed E-state index contributed by atoms with van der Waals surface area (Å²) in [6.45, 7) is 2.03. The first-order chi connectivity index (χ1) is 11.5. The molecule has 0 spiro atoms. The summed E-state index contributed by atoms with van der Waals surface area (Å²) < 4.78 is 13.9. The van der Waals surface area contributed by atoms with Crippen molar-refractivity contribution in [1.29, 1.82) is 0 Å². The van der Waals surface area contributed by atoms with E-state index in [1.807, 2.05) is 19.1 Å². The van der Waals surface area contributed by atoms with Gasteiger partial charge in [0.25, 0.3) is 5.91 Å². The van der Waals surface area contributed by atoms with Crippen molar-refractivity contribution < 1.29 is 9.18 Å². The van der Waals surface area contributed by atoms with E-state index in [0.29, 0.717) is 21.7 Å². The largest absolute Gasteiger partial charge is 0.380 e. The number of nitrogens with two attached hydrogens (primary N) is 1. The Balaban J connectivity index is 2.04. The Bertz CT molecular complexity index is 923. The number of benzene rings is 2. The van der Waals surface area contributed by atoms with Crippen LogP contribution in [-0.4, -0.2) is 10.9 Å². The zero-order valence-electron chi connectivity index (χ0n) is 12.9. The zero-order chi connectivity index (χ0) is 17.3. The molecule has 0 radical (unpaired) electrons. The molecule has 24 heavy (non-hydrogen) atoms. The monoisotopic (exact) mass is 343 g/mol. The first kappa shape index (κ1) is 16.2. The van der Waals surface area contributed by atoms with Gasteiger partial charge >= 0.3 is 0 Å². The van der Waals surface area contributed by atoms with Crippen LogP contribution in [-0.2, 0) is 6.54 Å². The maximum Gasteiger partial charge on any atom is 0.250 e. The molecule has 122 valence electrons. The van der Waals surface area contributed by atoms with Gasteiger partial charge in [0.2, 0.25) is 0 Å². The Morgan fingerprint density at radius 3 is 2.75 bits per heavy atom. The fourth-order valence-electron chi connectivity index (χ4n) is 2.61. The number of fused-ring (bicyclic) bond motifs is 1. The average Bonchev–Trinajstić information content (AvgIpc) is 2.53. The van der Waals surface area contributed by atoms with Gasteiger partial charge in [0.1, 0.15) is 5.82 Å². The first-order valence-corrected chi connectivity index (χ1v) is 7.72. The van der Waals surface area contributed by atoms with E-state index < -0.39 is 5.91 Å². The lowest BCUT2D eigenvalue weighted by Crippen LogP contribution is -2.12. The van der Waals surface area contributed by atoms with Gasteiger partial charge in [-0.25, -0.2) is 4.39 Å². The highest BCUT2D eigenvalue weighted by Gasteiger charge is 2.12. The van der Waals surface area contributed by atoms with E-state index in [1.165, 1.54) is 6.07 Å². The number of aromatic nitrogens is 1. The highest BCUT2D eigenvalue weighted by molar-refractivity contribution is 6.31. The molecule has 3 N–H and O–H groups in total. The third kappa shape index (κ3) is 3.03. The molecule has 2 aromatic carbocycles. The van der Waals surface area contributed by atoms with Gasteiger partial charge in [-0.3, -0.25) is 9.78 Å². The predicted octanol–water partition coefficient (Wildman–Crippen LogP) is 4.05. The number of amides is 1. The van der Waals surface area contributed by atoms with E-state index >= 15 is 0 Å². The van der Waals surface area contributed by atoms with Crippen LogP contribution in [0.5, 0.6) is 0 Å². The van der Waals surface area contributed by atoms with Gasteiger partial charge in [-0.1, -0.05) is 29.8 Å². The highest BCUT2D eigenvalue weighted by Crippen LogP contribution is 2.27. The van der Waals surface area contributed by atoms with Crippen LogP contribution in [0.25, 0.3) is 10.9 Å². The lowest BCUT2D eigenvalue weighted by atomic mass is 10.1. The maximum atomic E-state index is 13.9. The minimum absolute atomic E-state index is 0.213. The molecule has 3 rings (SSSR count). The lowest BCUT2D eigenvalue weighted by molar-refractivity contribution is 0.100. The number of carbonyl (C=O) groups is 1. The molecule has 0 aliphatic carbocycles. The second kappa shape index (κ2) is 6.45. The molecule has 3 aromatic rings. The number of para-hydroxylation sites is 1. The number of anilines is 1. The third-order valence-electron chi connectivity index (χ3n) is 3.75. The van der Waals surface area contributed by atoms with Gasteiger partial charge in [-0.05, 0) is 31.2 Å². The summed E-state index contributed by atoms with van der Waals surface area (Å²) in [4.78, 5) is 16.0. The van der Waals surface area contributed by atoms with Gasteiger partial charge in [0.05, 0.1) is 11.1 Å². The molecule has 0 atom stereocenters. The number of halogens is 2. The van der Waals surface area contributed by atoms with E-state index in [-0.39, 0.29) is 12.4 Å². The molecule has 0 aliphatic rings. The lowest BCUT2D eigenvalue weighted by Gasteiger charge is -2.13. The van der Waals surface area contributed by atoms with Crippen LogP contribution in [0.1, 0.15) is 21.6 Å². The standard InChI is InChI=1S/C18H15ClFN3O/c1-10-8-16(22-9-13-14(19)6-3-7-15(13)20)11-4-2-5-12(18(21)24)17(11)23-10/h2-8H,9H2,1H3,(H2,21,24)(H,22,23). The average molecular weight is 344 g/mol. The quantitative estimate of drug-likeness (QED) is 0.751. The van der Waals surface area contributed by atoms with Crippen LogP contribution in [0, 0.1) is 12.7 Å². The van der Waals surface area contributed by atoms with Crippen LogP contribution in [0.4, 0.5) is 10.1 Å². The molecule has 0 fully saturated rings. The summed E-state index contributed by atoms with van der Waals surface area (Å²) in [7, 11) is 0. The van der Waals surface area contributed by atoms with Gasteiger partial charge in [0.15, 0.2) is 0 Å². The summed E-state index contributed by atoms with van der Waals surface area (Å²) >= 11 is 6.06. The summed E-state index contributed by atoms with van der Waals surface area (Å²) in [5, 5.41) is 4.27. The van der Waals surface area contributed by atoms with E-state index in [1.54, 1.807) is 24.3 Å². The Morgan fingerprint density at radius 2 is 2.04 bits per heavy atom. The van der Waals surface area contributed by atoms with Gasteiger partial charge in [-0.2, -0.15) is 0 Å². The van der Waals surface area contributed by atoms with Crippen molar-refractivity contribution in [3.63, 3.8) is 0 Å². The fraction of sp³-hybridized carbons (Fsp3) is 0.111. The van der Waals surface area contributed by atoms with Crippen LogP contribution in [0.2, 0.25) is 5.02 Å². The second-order valence-corrected chi connectivity index (χ2v) is 5.84. The number of nitrogens with one attached hydrogen (secondary N) is 1. The van der Waals surface area contributed by atoms with Crippen LogP contribution in [0.3, 0.4) is 0 Å². The molecular weight excluding hydrogens is 329 g/mol. The summed E-state index contributed by atoms with van der Waals surface area (Å²) in [6, 6.07) is 11.6. The normalized spacial score (nSPS) is 10.8. The number of hydrogen-bond acceptors (Lipinski definition) is 3. The number of nitrogens with zero attached hydrogens (tertiary/aromatic N) is 1. The van der Waals surface area contributed by atoms with Crippen molar-refractivity contribution in [2.24, 2.45) is 5.73 Å². The van der Waals surface area contributed by atoms with E-state index in [4.69, 9.17) is 17.3 Å². The number of pyridine rings is 1. The van der Waals surface area contributed by atoms with Crippen LogP contribution < -0.4 is 11.1 Å². The second-order valence-electron chi connectivity index (χ2n) is 5.43. The van der Waals surface area contributed by atoms with E-state index in [2.05, 4.69) is 10.3 Å². The van der Waals surface area contributed by atoms with Crippen molar-refractivity contribution in [1.82, 2.24) is 4.98 Å². The topological polar surface area (TPSA) is 68.0 Å². The molecule has 4 nitrogen and oxygen atoms in total. The Kier molecular flexibility index (Phi) is 4.36. The predicted molar refractivity (Wildman–Crippen MR) is 93.7 cm³/mol. The Morgan fingerprint density at radius 1 is 1.29 bits per heavy atom. The van der Waals surface area contributed by atoms with Gasteiger partial charge < -0.3 is 11.1 Å². The summed E-state index contributed by atoms with van der Waals surface area (Å²) in [5.41, 5.74) is 8.13. The smallest absolute Gasteiger partial charge is 0.250 e. The third-order valence-corrected chi connectivity index (χ3v) is 4.10. The zero-order valence-corrected chi connectivity index (χ0v) is 13.7. The van der Waals surface area contributed by atoms with Gasteiger partial charge in [0, 0.05) is 33.9 Å². The number of primary amides is 1. The molecule has 6 heteroatoms. The minimum Gasteiger partial charge on any atom is -0.380 e. The number of carbonyl (C=O) groups excluding carboxylic acids is 1.